The van der Waals surface area contributed by atoms with Crippen molar-refractivity contribution >= 4 is 23.2 Å². The van der Waals surface area contributed by atoms with Crippen molar-refractivity contribution in [2.24, 2.45) is 0 Å². The van der Waals surface area contributed by atoms with E-state index in [0.717, 1.165) is 11.6 Å². The van der Waals surface area contributed by atoms with Crippen LogP contribution in [-0.4, -0.2) is 9.97 Å². The number of pyridine rings is 2. The summed E-state index contributed by atoms with van der Waals surface area (Å²) in [6, 6.07) is 6.29. The van der Waals surface area contributed by atoms with Crippen LogP contribution in [-0.2, 0) is 32.7 Å². The van der Waals surface area contributed by atoms with E-state index in [1.54, 1.807) is 6.07 Å². The fraction of sp³-hybridized carbons (Fsp3) is 0.231. The molecule has 2 nitrogen and oxygen atoms in total. The van der Waals surface area contributed by atoms with Crippen LogP contribution in [0.5, 0.6) is 0 Å². The number of rotatable bonds is 1. The van der Waals surface area contributed by atoms with Gasteiger partial charge in [0.05, 0.1) is 0 Å². The Labute approximate surface area is 151 Å². The molecule has 0 aliphatic rings. The topological polar surface area (TPSA) is 25.8 Å². The number of halogens is 4. The predicted octanol–water partition coefficient (Wildman–Crippen LogP) is 4.67. The fourth-order valence-corrected chi connectivity index (χ4v) is 1.70. The Balaban J connectivity index is 0.000000359. The van der Waals surface area contributed by atoms with Gasteiger partial charge in [0.15, 0.2) is 0 Å². The molecule has 2 heterocycles. The van der Waals surface area contributed by atoms with Gasteiger partial charge in [-0.2, -0.15) is 10.5 Å². The molecule has 20 heavy (non-hydrogen) atoms. The summed E-state index contributed by atoms with van der Waals surface area (Å²) >= 11 is 10.9. The second-order valence-electron chi connectivity index (χ2n) is 3.89. The summed E-state index contributed by atoms with van der Waals surface area (Å²) in [5.74, 6) is -0.722. The number of hydrogen-bond donors (Lipinski definition) is 0. The van der Waals surface area contributed by atoms with E-state index in [4.69, 9.17) is 23.2 Å². The van der Waals surface area contributed by atoms with E-state index in [2.05, 4.69) is 16.0 Å². The summed E-state index contributed by atoms with van der Waals surface area (Å²) in [7, 11) is 0. The minimum absolute atomic E-state index is 0. The average Bonchev–Trinajstić information content (AvgIpc) is 2.28. The van der Waals surface area contributed by atoms with Crippen molar-refractivity contribution in [2.45, 2.75) is 19.8 Å². The van der Waals surface area contributed by atoms with Gasteiger partial charge in [-0.25, -0.2) is 9.37 Å². The normalized spacial score (nSPS) is 9.55. The van der Waals surface area contributed by atoms with E-state index in [0.29, 0.717) is 0 Å². The molecule has 0 N–H and O–H groups in total. The van der Waals surface area contributed by atoms with E-state index in [1.807, 2.05) is 13.8 Å². The molecule has 2 aromatic rings. The summed E-state index contributed by atoms with van der Waals surface area (Å²) in [4.78, 5) is 7.00. The Morgan fingerprint density at radius 2 is 1.85 bits per heavy atom. The Kier molecular flexibility index (Phi) is 9.65. The van der Waals surface area contributed by atoms with Crippen molar-refractivity contribution in [1.82, 2.24) is 9.97 Å². The molecule has 7 heteroatoms. The van der Waals surface area contributed by atoms with Gasteiger partial charge < -0.3 is 0 Å². The van der Waals surface area contributed by atoms with Crippen molar-refractivity contribution in [1.29, 1.82) is 0 Å². The molecule has 1 radical (unpaired) electrons. The molecule has 0 unspecified atom stereocenters. The summed E-state index contributed by atoms with van der Waals surface area (Å²) < 4.78 is 24.4. The molecule has 0 aliphatic carbocycles. The first kappa shape index (κ1) is 19.8. The third kappa shape index (κ3) is 7.03. The smallest absolute Gasteiger partial charge is 0.214 e. The summed E-state index contributed by atoms with van der Waals surface area (Å²) in [6.07, 6.45) is 1.19. The molecule has 0 bridgehead atoms. The minimum atomic E-state index is -0.528. The molecular weight excluding hydrogens is 382 g/mol. The van der Waals surface area contributed by atoms with E-state index in [-0.39, 0.29) is 48.9 Å². The van der Waals surface area contributed by atoms with Crippen LogP contribution in [0.25, 0.3) is 0 Å². The fourth-order valence-electron chi connectivity index (χ4n) is 1.19. The Morgan fingerprint density at radius 3 is 2.25 bits per heavy atom. The first-order chi connectivity index (χ1) is 8.90. The standard InChI is InChI=1S/C8H9ClFN.C5H2ClFN.Y/c1-5(2)6-3-4-7(10)11-8(6)9;6-5-3-4(7)1-2-8-5;/h3-5H,1-2H3;2-3H;/q;-1;. The third-order valence-electron chi connectivity index (χ3n) is 2.10. The van der Waals surface area contributed by atoms with E-state index in [1.165, 1.54) is 12.3 Å². The first-order valence-corrected chi connectivity index (χ1v) is 6.16. The van der Waals surface area contributed by atoms with Crippen LogP contribution in [0.2, 0.25) is 10.3 Å². The van der Waals surface area contributed by atoms with Crippen LogP contribution in [0.4, 0.5) is 8.78 Å². The van der Waals surface area contributed by atoms with Crippen LogP contribution in [0.1, 0.15) is 25.3 Å². The largest absolute Gasteiger partial charge is 0.284 e. The molecule has 0 spiro atoms. The number of aromatic nitrogens is 2. The van der Waals surface area contributed by atoms with Crippen LogP contribution < -0.4 is 0 Å². The quantitative estimate of drug-likeness (QED) is 0.520. The van der Waals surface area contributed by atoms with Gasteiger partial charge in [0.1, 0.15) is 5.15 Å². The molecule has 0 aliphatic heterocycles. The van der Waals surface area contributed by atoms with Crippen LogP contribution in [0, 0.1) is 17.8 Å². The van der Waals surface area contributed by atoms with Crippen molar-refractivity contribution in [3.05, 3.63) is 58.1 Å². The predicted molar refractivity (Wildman–Crippen MR) is 71.3 cm³/mol. The number of hydrogen-bond acceptors (Lipinski definition) is 2. The maximum atomic E-state index is 12.4. The van der Waals surface area contributed by atoms with Crippen molar-refractivity contribution in [3.63, 3.8) is 0 Å². The van der Waals surface area contributed by atoms with Gasteiger partial charge in [0.25, 0.3) is 0 Å². The van der Waals surface area contributed by atoms with Crippen molar-refractivity contribution in [2.75, 3.05) is 0 Å². The maximum absolute atomic E-state index is 12.4. The third-order valence-corrected chi connectivity index (χ3v) is 2.61. The van der Waals surface area contributed by atoms with E-state index in [9.17, 15) is 8.78 Å². The van der Waals surface area contributed by atoms with Crippen LogP contribution in [0.15, 0.2) is 24.4 Å². The molecule has 2 rings (SSSR count). The Morgan fingerprint density at radius 1 is 1.20 bits per heavy atom. The molecule has 0 saturated heterocycles. The Bertz CT molecular complexity index is 536. The van der Waals surface area contributed by atoms with Gasteiger partial charge in [-0.15, -0.1) is 6.07 Å². The van der Waals surface area contributed by atoms with Crippen LogP contribution in [0.3, 0.4) is 0 Å². The zero-order valence-corrected chi connectivity index (χ0v) is 15.2. The van der Waals surface area contributed by atoms with Gasteiger partial charge >= 0.3 is 0 Å². The Hall–Kier alpha value is -0.156. The van der Waals surface area contributed by atoms with Crippen molar-refractivity contribution in [3.8, 4) is 0 Å². The molecule has 105 valence electrons. The molecule has 0 saturated carbocycles. The van der Waals surface area contributed by atoms with E-state index >= 15 is 0 Å². The maximum Gasteiger partial charge on any atom is 0.214 e. The second kappa shape index (κ2) is 9.72. The minimum Gasteiger partial charge on any atom is -0.284 e. The second-order valence-corrected chi connectivity index (χ2v) is 4.63. The van der Waals surface area contributed by atoms with Gasteiger partial charge in [-0.3, -0.25) is 4.98 Å². The van der Waals surface area contributed by atoms with Crippen molar-refractivity contribution < 1.29 is 41.5 Å². The zero-order chi connectivity index (χ0) is 14.4. The SMILES string of the molecule is CC(C)c1ccc(F)nc1Cl.Fc1[c-]cnc(Cl)c1.[Y]. The molecule has 0 atom stereocenters. The molecular formula is C13H11Cl2F2N2Y-. The summed E-state index contributed by atoms with van der Waals surface area (Å²) in [6.45, 7) is 3.97. The van der Waals surface area contributed by atoms with Gasteiger partial charge in [0.2, 0.25) is 5.95 Å². The molecule has 2 aromatic heterocycles. The monoisotopic (exact) mass is 392 g/mol. The first-order valence-electron chi connectivity index (χ1n) is 5.41. The van der Waals surface area contributed by atoms with E-state index < -0.39 is 11.8 Å². The molecule has 0 aromatic carbocycles. The van der Waals surface area contributed by atoms with Gasteiger partial charge in [-0.05, 0) is 23.4 Å². The molecule has 0 fully saturated rings. The van der Waals surface area contributed by atoms with Crippen LogP contribution >= 0.6 is 23.2 Å². The summed E-state index contributed by atoms with van der Waals surface area (Å²) in [5.41, 5.74) is 0.882. The summed E-state index contributed by atoms with van der Waals surface area (Å²) in [5, 5.41) is 0.418. The van der Waals surface area contributed by atoms with Gasteiger partial charge in [-0.1, -0.05) is 49.3 Å². The van der Waals surface area contributed by atoms with Gasteiger partial charge in [0, 0.05) is 37.9 Å². The zero-order valence-electron chi connectivity index (χ0n) is 10.9. The average molecular weight is 393 g/mol. The molecule has 0 amide bonds. The number of nitrogens with zero attached hydrogens (tertiary/aromatic N) is 2.